The first-order valence-corrected chi connectivity index (χ1v) is 30.5. The van der Waals surface area contributed by atoms with Crippen LogP contribution in [0.2, 0.25) is 26.6 Å². The Morgan fingerprint density at radius 2 is 0.588 bits per heavy atom. The van der Waals surface area contributed by atoms with Gasteiger partial charge in [0.05, 0.1) is 0 Å². The van der Waals surface area contributed by atoms with Gasteiger partial charge in [0.2, 0.25) is 0 Å². The third kappa shape index (κ3) is 17.2. The van der Waals surface area contributed by atoms with Crippen molar-refractivity contribution in [2.24, 2.45) is 0 Å². The van der Waals surface area contributed by atoms with Gasteiger partial charge in [0.15, 0.2) is 0 Å². The van der Waals surface area contributed by atoms with Gasteiger partial charge in [-0.25, -0.2) is 0 Å². The first-order valence-electron chi connectivity index (χ1n) is 15.6. The van der Waals surface area contributed by atoms with Crippen molar-refractivity contribution in [3.05, 3.63) is 0 Å². The summed E-state index contributed by atoms with van der Waals surface area (Å²) in [4.78, 5) is 0. The molecule has 0 nitrogen and oxygen atoms in total. The molecule has 0 saturated carbocycles. The van der Waals surface area contributed by atoms with Gasteiger partial charge in [-0.15, -0.1) is 0 Å². The normalized spacial score (nSPS) is 11.6. The van der Waals surface area contributed by atoms with E-state index in [0.29, 0.717) is 0 Å². The summed E-state index contributed by atoms with van der Waals surface area (Å²) in [5.74, 6) is 7.50. The molecule has 0 rings (SSSR count). The molecule has 0 bridgehead atoms. The second kappa shape index (κ2) is 24.1. The minimum atomic E-state index is -2.24. The molecule has 0 aliphatic rings. The van der Waals surface area contributed by atoms with Gasteiger partial charge in [-0.1, -0.05) is 0 Å². The number of unbranched alkanes of at least 4 members (excludes halogenated alkanes) is 9. The van der Waals surface area contributed by atoms with E-state index in [9.17, 15) is 0 Å². The van der Waals surface area contributed by atoms with E-state index in [1.54, 1.807) is 0 Å². The standard InChI is InChI=1S/C8H8.6C4H9.2Sn/c1-3-5-7-8-6-4-2;6*1-3-4-2;;/h5-8H2;6*1,3-4H2,2H3;;. The average Bonchev–Trinajstić information content (AvgIpc) is 2.86. The van der Waals surface area contributed by atoms with Crippen molar-refractivity contribution in [1.29, 1.82) is 0 Å². The minimum absolute atomic E-state index is 1.13. The molecule has 0 aromatic rings. The van der Waals surface area contributed by atoms with E-state index < -0.39 is 36.8 Å². The summed E-state index contributed by atoms with van der Waals surface area (Å²) in [5.41, 5.74) is 0. The summed E-state index contributed by atoms with van der Waals surface area (Å²) in [5, 5.41) is 0. The molecule has 0 heterocycles. The Morgan fingerprint density at radius 3 is 0.794 bits per heavy atom. The molecule has 0 amide bonds. The molecule has 0 aromatic carbocycles. The molecule has 0 fully saturated rings. The molecule has 0 N–H and O–H groups in total. The third-order valence-electron chi connectivity index (χ3n) is 7.61. The second-order valence-corrected chi connectivity index (χ2v) is 35.6. The van der Waals surface area contributed by atoms with Gasteiger partial charge >= 0.3 is 227 Å². The van der Waals surface area contributed by atoms with Gasteiger partial charge in [0.25, 0.3) is 0 Å². The zero-order valence-corrected chi connectivity index (χ0v) is 30.3. The van der Waals surface area contributed by atoms with Crippen LogP contribution in [0.5, 0.6) is 0 Å². The van der Waals surface area contributed by atoms with E-state index in [1.807, 2.05) is 0 Å². The number of rotatable bonds is 21. The van der Waals surface area contributed by atoms with Crippen molar-refractivity contribution >= 4 is 36.8 Å². The molecule has 34 heavy (non-hydrogen) atoms. The molecule has 2 heteroatoms. The first kappa shape index (κ1) is 34.7. The van der Waals surface area contributed by atoms with Crippen LogP contribution in [0.3, 0.4) is 0 Å². The van der Waals surface area contributed by atoms with Crippen LogP contribution in [-0.4, -0.2) is 36.8 Å². The van der Waals surface area contributed by atoms with Gasteiger partial charge < -0.3 is 0 Å². The van der Waals surface area contributed by atoms with Gasteiger partial charge in [0.1, 0.15) is 0 Å². The van der Waals surface area contributed by atoms with Crippen molar-refractivity contribution < 1.29 is 0 Å². The van der Waals surface area contributed by atoms with Gasteiger partial charge in [-0.2, -0.15) is 0 Å². The van der Waals surface area contributed by atoms with Gasteiger partial charge in [-0.05, 0) is 0 Å². The van der Waals surface area contributed by atoms with E-state index in [0.717, 1.165) is 12.8 Å². The zero-order valence-electron chi connectivity index (χ0n) is 24.6. The molecule has 0 aliphatic carbocycles. The monoisotopic (exact) mass is 686 g/mol. The van der Waals surface area contributed by atoms with Crippen LogP contribution in [0.1, 0.15) is 144 Å². The first-order chi connectivity index (χ1) is 16.6. The Balaban J connectivity index is 4.94. The molecule has 198 valence electrons. The van der Waals surface area contributed by atoms with Gasteiger partial charge in [0, 0.05) is 0 Å². The third-order valence-corrected chi connectivity index (χ3v) is 34.1. The maximum atomic E-state index is 4.06. The summed E-state index contributed by atoms with van der Waals surface area (Å²) >= 11 is -4.47. The topological polar surface area (TPSA) is 0 Å². The van der Waals surface area contributed by atoms with Crippen LogP contribution in [0, 0.1) is 19.7 Å². The summed E-state index contributed by atoms with van der Waals surface area (Å²) < 4.78 is 17.2. The van der Waals surface area contributed by atoms with Crippen LogP contribution in [0.25, 0.3) is 0 Å². The molecule has 0 spiro atoms. The Labute approximate surface area is 225 Å². The van der Waals surface area contributed by atoms with Crippen molar-refractivity contribution in [3.8, 4) is 19.7 Å². The Morgan fingerprint density at radius 1 is 0.353 bits per heavy atom. The number of hydrogen-bond acceptors (Lipinski definition) is 0. The Bertz CT molecular complexity index is 476. The van der Waals surface area contributed by atoms with E-state index in [4.69, 9.17) is 0 Å². The average molecular weight is 684 g/mol. The Hall–Kier alpha value is 0.717. The van der Waals surface area contributed by atoms with Crippen LogP contribution >= 0.6 is 0 Å². The van der Waals surface area contributed by atoms with E-state index in [1.165, 1.54) is 117 Å². The van der Waals surface area contributed by atoms with Crippen molar-refractivity contribution in [1.82, 2.24) is 0 Å². The predicted molar refractivity (Wildman–Crippen MR) is 164 cm³/mol. The van der Waals surface area contributed by atoms with Crippen molar-refractivity contribution in [2.75, 3.05) is 0 Å². The zero-order chi connectivity index (χ0) is 25.4. The van der Waals surface area contributed by atoms with Crippen molar-refractivity contribution in [3.63, 3.8) is 0 Å². The maximum absolute atomic E-state index is 4.06. The van der Waals surface area contributed by atoms with E-state index >= 15 is 0 Å². The molecule has 0 atom stereocenters. The molecule has 0 aromatic heterocycles. The summed E-state index contributed by atoms with van der Waals surface area (Å²) in [7, 11) is 0. The summed E-state index contributed by atoms with van der Waals surface area (Å²) in [6, 6.07) is 0. The van der Waals surface area contributed by atoms with Crippen LogP contribution in [0.15, 0.2) is 0 Å². The Kier molecular flexibility index (Phi) is 24.6. The molecule has 0 saturated heterocycles. The van der Waals surface area contributed by atoms with Crippen molar-refractivity contribution in [2.45, 2.75) is 171 Å². The fraction of sp³-hybridized carbons (Fsp3) is 0.875. The fourth-order valence-electron chi connectivity index (χ4n) is 5.14. The van der Waals surface area contributed by atoms with E-state index in [2.05, 4.69) is 61.3 Å². The SMILES string of the molecule is CCC[CH2][Sn]([C]#CCCCCC#[C][Sn]([CH2]CCC)([CH2]CCC)[CH2]CCC)([CH2]CCC)[CH2]CCC. The molecular weight excluding hydrogens is 622 g/mol. The molecule has 0 radical (unpaired) electrons. The molecule has 0 unspecified atom stereocenters. The number of hydrogen-bond donors (Lipinski definition) is 0. The van der Waals surface area contributed by atoms with Crippen LogP contribution in [0.4, 0.5) is 0 Å². The fourth-order valence-corrected chi connectivity index (χ4v) is 32.1. The summed E-state index contributed by atoms with van der Waals surface area (Å²) in [6.45, 7) is 14.1. The molecular formula is C32H62Sn2. The molecule has 0 aliphatic heterocycles. The van der Waals surface area contributed by atoms with E-state index in [-0.39, 0.29) is 0 Å². The summed E-state index contributed by atoms with van der Waals surface area (Å²) in [6.07, 6.45) is 21.4. The van der Waals surface area contributed by atoms with Gasteiger partial charge in [-0.3, -0.25) is 0 Å². The van der Waals surface area contributed by atoms with Crippen LogP contribution in [-0.2, 0) is 0 Å². The van der Waals surface area contributed by atoms with Crippen LogP contribution < -0.4 is 0 Å². The predicted octanol–water partition coefficient (Wildman–Crippen LogP) is 11.3. The second-order valence-electron chi connectivity index (χ2n) is 11.0. The quantitative estimate of drug-likeness (QED) is 0.0642.